The van der Waals surface area contributed by atoms with Crippen LogP contribution < -0.4 is 10.6 Å². The van der Waals surface area contributed by atoms with Gasteiger partial charge in [0.2, 0.25) is 5.91 Å². The van der Waals surface area contributed by atoms with Gasteiger partial charge in [-0.05, 0) is 25.1 Å². The molecule has 0 radical (unpaired) electrons. The number of hydrogen-bond donors (Lipinski definition) is 2. The molecule has 1 amide bonds. The molecule has 19 heavy (non-hydrogen) atoms. The van der Waals surface area contributed by atoms with Crippen LogP contribution in [-0.2, 0) is 4.79 Å². The fourth-order valence-electron chi connectivity index (χ4n) is 2.14. The second-order valence-electron chi connectivity index (χ2n) is 4.76. The van der Waals surface area contributed by atoms with E-state index in [1.54, 1.807) is 18.2 Å². The Morgan fingerprint density at radius 3 is 3.05 bits per heavy atom. The van der Waals surface area contributed by atoms with Crippen LogP contribution in [0.2, 0.25) is 10.0 Å². The predicted octanol–water partition coefficient (Wildman–Crippen LogP) is 2.23. The van der Waals surface area contributed by atoms with Crippen LogP contribution in [0.15, 0.2) is 18.2 Å². The maximum Gasteiger partial charge on any atom is 0.238 e. The molecule has 1 fully saturated rings. The standard InChI is InChI=1S/C13H17Cl2N3O/c1-9-7-18(5-4-16-9)8-13(19)17-12-6-10(14)2-3-11(12)15/h2-3,6,9,16H,4-5,7-8H2,1H3,(H,17,19)/t9-/m0/s1. The first-order valence-electron chi connectivity index (χ1n) is 6.25. The fourth-order valence-corrected chi connectivity index (χ4v) is 2.48. The SMILES string of the molecule is C[C@H]1CN(CC(=O)Nc2cc(Cl)ccc2Cl)CCN1. The average molecular weight is 302 g/mol. The molecule has 1 heterocycles. The summed E-state index contributed by atoms with van der Waals surface area (Å²) in [5.41, 5.74) is 0.558. The van der Waals surface area contributed by atoms with E-state index in [0.29, 0.717) is 28.3 Å². The van der Waals surface area contributed by atoms with Gasteiger partial charge in [-0.15, -0.1) is 0 Å². The normalized spacial score (nSPS) is 20.3. The quantitative estimate of drug-likeness (QED) is 0.900. The Morgan fingerprint density at radius 2 is 2.32 bits per heavy atom. The number of anilines is 1. The summed E-state index contributed by atoms with van der Waals surface area (Å²) in [7, 11) is 0. The maximum atomic E-state index is 12.0. The molecule has 0 bridgehead atoms. The number of halogens is 2. The fraction of sp³-hybridized carbons (Fsp3) is 0.462. The number of nitrogens with zero attached hydrogens (tertiary/aromatic N) is 1. The summed E-state index contributed by atoms with van der Waals surface area (Å²) in [5, 5.41) is 7.18. The second-order valence-corrected chi connectivity index (χ2v) is 5.61. The molecule has 104 valence electrons. The molecule has 1 aromatic carbocycles. The van der Waals surface area contributed by atoms with Crippen molar-refractivity contribution in [3.8, 4) is 0 Å². The summed E-state index contributed by atoms with van der Waals surface area (Å²) in [4.78, 5) is 14.1. The van der Waals surface area contributed by atoms with Gasteiger partial charge in [-0.2, -0.15) is 0 Å². The van der Waals surface area contributed by atoms with E-state index < -0.39 is 0 Å². The third kappa shape index (κ3) is 4.35. The van der Waals surface area contributed by atoms with E-state index in [2.05, 4.69) is 22.5 Å². The topological polar surface area (TPSA) is 44.4 Å². The zero-order valence-corrected chi connectivity index (χ0v) is 12.3. The molecule has 0 unspecified atom stereocenters. The number of carbonyl (C=O) groups is 1. The van der Waals surface area contributed by atoms with Crippen molar-refractivity contribution in [2.75, 3.05) is 31.5 Å². The molecule has 1 saturated heterocycles. The Labute approximate surface area is 123 Å². The number of rotatable bonds is 3. The molecule has 0 saturated carbocycles. The minimum absolute atomic E-state index is 0.0710. The van der Waals surface area contributed by atoms with E-state index in [9.17, 15) is 4.79 Å². The lowest BCUT2D eigenvalue weighted by Crippen LogP contribution is -2.51. The molecule has 4 nitrogen and oxygen atoms in total. The van der Waals surface area contributed by atoms with Gasteiger partial charge in [-0.25, -0.2) is 0 Å². The summed E-state index contributed by atoms with van der Waals surface area (Å²) in [6.45, 7) is 5.14. The molecule has 0 spiro atoms. The number of hydrogen-bond acceptors (Lipinski definition) is 3. The lowest BCUT2D eigenvalue weighted by molar-refractivity contribution is -0.117. The maximum absolute atomic E-state index is 12.0. The van der Waals surface area contributed by atoms with Crippen LogP contribution in [0.25, 0.3) is 0 Å². The second kappa shape index (κ2) is 6.57. The Morgan fingerprint density at radius 1 is 1.53 bits per heavy atom. The molecule has 2 N–H and O–H groups in total. The number of nitrogens with one attached hydrogen (secondary N) is 2. The molecule has 6 heteroatoms. The van der Waals surface area contributed by atoms with E-state index in [-0.39, 0.29) is 5.91 Å². The van der Waals surface area contributed by atoms with Gasteiger partial charge in [-0.3, -0.25) is 9.69 Å². The molecule has 1 aliphatic heterocycles. The highest BCUT2D eigenvalue weighted by Crippen LogP contribution is 2.25. The van der Waals surface area contributed by atoms with E-state index in [1.165, 1.54) is 0 Å². The third-order valence-electron chi connectivity index (χ3n) is 3.02. The molecule has 2 rings (SSSR count). The van der Waals surface area contributed by atoms with Crippen molar-refractivity contribution in [1.82, 2.24) is 10.2 Å². The average Bonchev–Trinajstić information content (AvgIpc) is 2.34. The van der Waals surface area contributed by atoms with Crippen LogP contribution >= 0.6 is 23.2 Å². The first-order valence-corrected chi connectivity index (χ1v) is 7.01. The molecule has 0 aliphatic carbocycles. The van der Waals surface area contributed by atoms with E-state index >= 15 is 0 Å². The lowest BCUT2D eigenvalue weighted by Gasteiger charge is -2.31. The van der Waals surface area contributed by atoms with Crippen molar-refractivity contribution in [2.24, 2.45) is 0 Å². The number of carbonyl (C=O) groups excluding carboxylic acids is 1. The Kier molecular flexibility index (Phi) is 5.05. The van der Waals surface area contributed by atoms with Crippen LogP contribution in [0.1, 0.15) is 6.92 Å². The van der Waals surface area contributed by atoms with E-state index in [0.717, 1.165) is 19.6 Å². The van der Waals surface area contributed by atoms with Crippen LogP contribution in [-0.4, -0.2) is 43.0 Å². The Balaban J connectivity index is 1.92. The first-order chi connectivity index (χ1) is 9.04. The molecule has 0 aromatic heterocycles. The number of piperazine rings is 1. The van der Waals surface area contributed by atoms with Crippen LogP contribution in [0.5, 0.6) is 0 Å². The van der Waals surface area contributed by atoms with Crippen molar-refractivity contribution < 1.29 is 4.79 Å². The van der Waals surface area contributed by atoms with Crippen molar-refractivity contribution in [3.63, 3.8) is 0 Å². The van der Waals surface area contributed by atoms with Gasteiger partial charge in [0.15, 0.2) is 0 Å². The van der Waals surface area contributed by atoms with Gasteiger partial charge in [0.05, 0.1) is 17.3 Å². The van der Waals surface area contributed by atoms with Crippen molar-refractivity contribution >= 4 is 34.8 Å². The molecule has 1 aliphatic rings. The Hall–Kier alpha value is -0.810. The van der Waals surface area contributed by atoms with Crippen molar-refractivity contribution in [2.45, 2.75) is 13.0 Å². The summed E-state index contributed by atoms with van der Waals surface area (Å²) in [5.74, 6) is -0.0710. The number of amides is 1. The summed E-state index contributed by atoms with van der Waals surface area (Å²) in [6.07, 6.45) is 0. The molecular formula is C13H17Cl2N3O. The summed E-state index contributed by atoms with van der Waals surface area (Å²) in [6, 6.07) is 5.43. The van der Waals surface area contributed by atoms with Gasteiger partial charge in [0.25, 0.3) is 0 Å². The largest absolute Gasteiger partial charge is 0.324 e. The van der Waals surface area contributed by atoms with Gasteiger partial charge in [0.1, 0.15) is 0 Å². The van der Waals surface area contributed by atoms with Crippen molar-refractivity contribution in [3.05, 3.63) is 28.2 Å². The van der Waals surface area contributed by atoms with E-state index in [1.807, 2.05) is 0 Å². The first kappa shape index (κ1) is 14.6. The third-order valence-corrected chi connectivity index (χ3v) is 3.59. The van der Waals surface area contributed by atoms with Crippen LogP contribution in [0.4, 0.5) is 5.69 Å². The van der Waals surface area contributed by atoms with Crippen LogP contribution in [0.3, 0.4) is 0 Å². The smallest absolute Gasteiger partial charge is 0.238 e. The highest BCUT2D eigenvalue weighted by atomic mass is 35.5. The van der Waals surface area contributed by atoms with E-state index in [4.69, 9.17) is 23.2 Å². The van der Waals surface area contributed by atoms with Gasteiger partial charge < -0.3 is 10.6 Å². The summed E-state index contributed by atoms with van der Waals surface area (Å²) >= 11 is 11.9. The number of benzene rings is 1. The lowest BCUT2D eigenvalue weighted by atomic mass is 10.2. The zero-order valence-electron chi connectivity index (χ0n) is 10.7. The monoisotopic (exact) mass is 301 g/mol. The predicted molar refractivity (Wildman–Crippen MR) is 79.0 cm³/mol. The van der Waals surface area contributed by atoms with Gasteiger partial charge in [0, 0.05) is 30.7 Å². The molecular weight excluding hydrogens is 285 g/mol. The highest BCUT2D eigenvalue weighted by molar-refractivity contribution is 6.35. The minimum Gasteiger partial charge on any atom is -0.324 e. The highest BCUT2D eigenvalue weighted by Gasteiger charge is 2.18. The minimum atomic E-state index is -0.0710. The van der Waals surface area contributed by atoms with Crippen LogP contribution in [0, 0.1) is 0 Å². The zero-order chi connectivity index (χ0) is 13.8. The van der Waals surface area contributed by atoms with Gasteiger partial charge in [-0.1, -0.05) is 23.2 Å². The van der Waals surface area contributed by atoms with Crippen molar-refractivity contribution in [1.29, 1.82) is 0 Å². The Bertz CT molecular complexity index is 467. The summed E-state index contributed by atoms with van der Waals surface area (Å²) < 4.78 is 0. The molecule has 1 atom stereocenters. The van der Waals surface area contributed by atoms with Gasteiger partial charge >= 0.3 is 0 Å². The molecule has 1 aromatic rings.